The molecular weight excluding hydrogens is 392 g/mol. The fraction of sp³-hybridized carbons (Fsp3) is 1.00. The molecule has 0 saturated carbocycles. The summed E-state index contributed by atoms with van der Waals surface area (Å²) in [6.45, 7) is 14.6. The maximum atomic E-state index is 5.53. The van der Waals surface area contributed by atoms with E-state index in [0.29, 0.717) is 79.3 Å². The van der Waals surface area contributed by atoms with Gasteiger partial charge in [-0.25, -0.2) is 0 Å². The van der Waals surface area contributed by atoms with Crippen LogP contribution in [0.25, 0.3) is 0 Å². The molecule has 4 N–H and O–H groups in total. The van der Waals surface area contributed by atoms with Crippen molar-refractivity contribution in [2.45, 2.75) is 0 Å². The Labute approximate surface area is 182 Å². The van der Waals surface area contributed by atoms with Crippen molar-refractivity contribution < 1.29 is 28.4 Å². The molecular formula is C20H44N4O6. The number of nitrogens with one attached hydrogen (secondary N) is 4. The second kappa shape index (κ2) is 24.9. The van der Waals surface area contributed by atoms with E-state index in [0.717, 1.165) is 52.4 Å². The molecule has 1 aliphatic rings. The van der Waals surface area contributed by atoms with Crippen LogP contribution in [0.2, 0.25) is 0 Å². The Morgan fingerprint density at radius 2 is 0.433 bits per heavy atom. The highest BCUT2D eigenvalue weighted by Crippen LogP contribution is 1.84. The first-order valence-corrected chi connectivity index (χ1v) is 11.3. The Morgan fingerprint density at radius 1 is 0.233 bits per heavy atom. The van der Waals surface area contributed by atoms with Gasteiger partial charge in [0.2, 0.25) is 0 Å². The molecule has 0 aromatic rings. The summed E-state index contributed by atoms with van der Waals surface area (Å²) < 4.78 is 32.9. The molecule has 0 unspecified atom stereocenters. The van der Waals surface area contributed by atoms with Crippen LogP contribution in [0, 0.1) is 0 Å². The second-order valence-corrected chi connectivity index (χ2v) is 6.67. The van der Waals surface area contributed by atoms with E-state index < -0.39 is 0 Å². The lowest BCUT2D eigenvalue weighted by molar-refractivity contribution is -0.0164. The lowest BCUT2D eigenvalue weighted by Crippen LogP contribution is -2.36. The van der Waals surface area contributed by atoms with E-state index in [1.807, 2.05) is 0 Å². The van der Waals surface area contributed by atoms with Gasteiger partial charge in [0.25, 0.3) is 0 Å². The van der Waals surface area contributed by atoms with E-state index in [9.17, 15) is 0 Å². The van der Waals surface area contributed by atoms with E-state index in [1.54, 1.807) is 0 Å². The SMILES string of the molecule is C1CNCCNCCOCCOCCOCCOCCOCCOCCNCCN1. The monoisotopic (exact) mass is 436 g/mol. The summed E-state index contributed by atoms with van der Waals surface area (Å²) in [5, 5.41) is 13.5. The molecule has 0 spiro atoms. The normalized spacial score (nSPS) is 24.0. The van der Waals surface area contributed by atoms with E-state index in [4.69, 9.17) is 28.4 Å². The van der Waals surface area contributed by atoms with Crippen molar-refractivity contribution in [2.24, 2.45) is 0 Å². The summed E-state index contributed by atoms with van der Waals surface area (Å²) in [5.74, 6) is 0. The van der Waals surface area contributed by atoms with Gasteiger partial charge in [-0.3, -0.25) is 0 Å². The Morgan fingerprint density at radius 3 is 0.700 bits per heavy atom. The van der Waals surface area contributed by atoms with Crippen molar-refractivity contribution in [3.05, 3.63) is 0 Å². The molecule has 1 saturated heterocycles. The third-order valence-corrected chi connectivity index (χ3v) is 4.14. The highest BCUT2D eigenvalue weighted by molar-refractivity contribution is 4.56. The predicted octanol–water partition coefficient (Wildman–Crippen LogP) is -1.54. The van der Waals surface area contributed by atoms with E-state index in [1.165, 1.54) is 0 Å². The van der Waals surface area contributed by atoms with Crippen LogP contribution in [0.15, 0.2) is 0 Å². The molecule has 0 radical (unpaired) electrons. The van der Waals surface area contributed by atoms with Crippen LogP contribution in [0.5, 0.6) is 0 Å². The minimum absolute atomic E-state index is 0.562. The quantitative estimate of drug-likeness (QED) is 0.357. The van der Waals surface area contributed by atoms with Crippen molar-refractivity contribution in [3.8, 4) is 0 Å². The Balaban J connectivity index is 2.00. The lowest BCUT2D eigenvalue weighted by Gasteiger charge is -2.10. The fourth-order valence-electron chi connectivity index (χ4n) is 2.52. The molecule has 1 heterocycles. The largest absolute Gasteiger partial charge is 0.378 e. The molecule has 1 aliphatic heterocycles. The minimum atomic E-state index is 0.562. The van der Waals surface area contributed by atoms with E-state index >= 15 is 0 Å². The molecule has 0 bridgehead atoms. The summed E-state index contributed by atoms with van der Waals surface area (Å²) in [7, 11) is 0. The van der Waals surface area contributed by atoms with Crippen molar-refractivity contribution in [1.29, 1.82) is 0 Å². The standard InChI is InChI=1S/C20H44N4O6/c1-2-22-4-6-24-8-10-26-12-14-28-16-18-30-20-19-29-17-15-27-13-11-25-9-7-23-5-3-21-1/h21-24H,1-20H2. The number of hydrogen-bond donors (Lipinski definition) is 4. The van der Waals surface area contributed by atoms with Crippen LogP contribution in [0.1, 0.15) is 0 Å². The zero-order chi connectivity index (χ0) is 21.2. The first-order chi connectivity index (χ1) is 15.0. The maximum absolute atomic E-state index is 5.53. The predicted molar refractivity (Wildman–Crippen MR) is 116 cm³/mol. The van der Waals surface area contributed by atoms with Gasteiger partial charge in [0.05, 0.1) is 79.3 Å². The highest BCUT2D eigenvalue weighted by atomic mass is 16.6. The van der Waals surface area contributed by atoms with Gasteiger partial charge < -0.3 is 49.7 Å². The number of rotatable bonds is 0. The molecule has 0 amide bonds. The number of ether oxygens (including phenoxy) is 6. The zero-order valence-corrected chi connectivity index (χ0v) is 18.6. The van der Waals surface area contributed by atoms with Crippen LogP contribution in [0.4, 0.5) is 0 Å². The van der Waals surface area contributed by atoms with Gasteiger partial charge in [0, 0.05) is 52.4 Å². The smallest absolute Gasteiger partial charge is 0.0701 e. The van der Waals surface area contributed by atoms with E-state index in [2.05, 4.69) is 21.3 Å². The van der Waals surface area contributed by atoms with Crippen LogP contribution < -0.4 is 21.3 Å². The van der Waals surface area contributed by atoms with Crippen LogP contribution in [-0.4, -0.2) is 132 Å². The molecule has 0 aromatic heterocycles. The second-order valence-electron chi connectivity index (χ2n) is 6.67. The van der Waals surface area contributed by atoms with Crippen LogP contribution in [0.3, 0.4) is 0 Å². The molecule has 0 atom stereocenters. The Kier molecular flexibility index (Phi) is 22.9. The van der Waals surface area contributed by atoms with Gasteiger partial charge in [-0.15, -0.1) is 0 Å². The molecule has 10 heteroatoms. The zero-order valence-electron chi connectivity index (χ0n) is 18.6. The van der Waals surface area contributed by atoms with E-state index in [-0.39, 0.29) is 0 Å². The first kappa shape index (κ1) is 27.6. The third kappa shape index (κ3) is 22.3. The van der Waals surface area contributed by atoms with Crippen molar-refractivity contribution in [3.63, 3.8) is 0 Å². The topological polar surface area (TPSA) is 104 Å². The summed E-state index contributed by atoms with van der Waals surface area (Å²) in [5.41, 5.74) is 0. The summed E-state index contributed by atoms with van der Waals surface area (Å²) in [6, 6.07) is 0. The van der Waals surface area contributed by atoms with Crippen molar-refractivity contribution in [1.82, 2.24) is 21.3 Å². The fourth-order valence-corrected chi connectivity index (χ4v) is 2.52. The summed E-state index contributed by atoms with van der Waals surface area (Å²) in [6.07, 6.45) is 0. The van der Waals surface area contributed by atoms with Gasteiger partial charge >= 0.3 is 0 Å². The summed E-state index contributed by atoms with van der Waals surface area (Å²) in [4.78, 5) is 0. The summed E-state index contributed by atoms with van der Waals surface area (Å²) >= 11 is 0. The number of hydrogen-bond acceptors (Lipinski definition) is 10. The molecule has 0 aromatic carbocycles. The average molecular weight is 437 g/mol. The van der Waals surface area contributed by atoms with Gasteiger partial charge in [0.1, 0.15) is 0 Å². The van der Waals surface area contributed by atoms with Crippen molar-refractivity contribution in [2.75, 3.05) is 132 Å². The Hall–Kier alpha value is -0.400. The molecule has 30 heavy (non-hydrogen) atoms. The van der Waals surface area contributed by atoms with Gasteiger partial charge in [-0.05, 0) is 0 Å². The average Bonchev–Trinajstić information content (AvgIpc) is 2.76. The molecule has 0 aliphatic carbocycles. The third-order valence-electron chi connectivity index (χ3n) is 4.14. The molecule has 10 nitrogen and oxygen atoms in total. The maximum Gasteiger partial charge on any atom is 0.0701 e. The Bertz CT molecular complexity index is 184. The van der Waals surface area contributed by atoms with Gasteiger partial charge in [0.15, 0.2) is 0 Å². The van der Waals surface area contributed by atoms with Crippen LogP contribution in [-0.2, 0) is 28.4 Å². The van der Waals surface area contributed by atoms with Gasteiger partial charge in [-0.2, -0.15) is 0 Å². The van der Waals surface area contributed by atoms with Crippen LogP contribution >= 0.6 is 0 Å². The molecule has 180 valence electrons. The van der Waals surface area contributed by atoms with Crippen molar-refractivity contribution >= 4 is 0 Å². The molecule has 1 fully saturated rings. The highest BCUT2D eigenvalue weighted by Gasteiger charge is 1.95. The lowest BCUT2D eigenvalue weighted by atomic mass is 10.5. The minimum Gasteiger partial charge on any atom is -0.378 e. The molecule has 1 rings (SSSR count). The van der Waals surface area contributed by atoms with Gasteiger partial charge in [-0.1, -0.05) is 0 Å². The first-order valence-electron chi connectivity index (χ1n) is 11.3.